The van der Waals surface area contributed by atoms with Crippen LogP contribution >= 0.6 is 12.4 Å². The monoisotopic (exact) mass is 278 g/mol. The number of ether oxygens (including phenoxy) is 2. The van der Waals surface area contributed by atoms with Crippen LogP contribution < -0.4 is 20.5 Å². The lowest BCUT2D eigenvalue weighted by Gasteiger charge is -2.11. The van der Waals surface area contributed by atoms with Gasteiger partial charge in [0.2, 0.25) is 5.91 Å². The van der Waals surface area contributed by atoms with E-state index in [2.05, 4.69) is 5.32 Å². The van der Waals surface area contributed by atoms with E-state index in [1.165, 1.54) is 20.3 Å². The fourth-order valence-electron chi connectivity index (χ4n) is 1.29. The van der Waals surface area contributed by atoms with Gasteiger partial charge in [-0.1, -0.05) is 0 Å². The minimum Gasteiger partial charge on any atom is -0.493 e. The molecule has 1 aromatic carbocycles. The van der Waals surface area contributed by atoms with Crippen molar-refractivity contribution in [3.05, 3.63) is 17.9 Å². The first kappa shape index (κ1) is 16.5. The second kappa shape index (κ2) is 7.73. The van der Waals surface area contributed by atoms with E-state index in [4.69, 9.17) is 15.2 Å². The topological polar surface area (TPSA) is 73.6 Å². The number of rotatable bonds is 5. The molecular formula is C11H16ClFN2O3. The molecule has 5 nitrogen and oxygen atoms in total. The fourth-order valence-corrected chi connectivity index (χ4v) is 1.29. The Morgan fingerprint density at radius 1 is 1.33 bits per heavy atom. The van der Waals surface area contributed by atoms with Gasteiger partial charge in [-0.05, 0) is 0 Å². The highest BCUT2D eigenvalue weighted by Gasteiger charge is 2.12. The van der Waals surface area contributed by atoms with E-state index in [0.29, 0.717) is 5.75 Å². The maximum atomic E-state index is 13.6. The number of carbonyl (C=O) groups is 1. The van der Waals surface area contributed by atoms with Crippen molar-refractivity contribution in [1.29, 1.82) is 0 Å². The Hall–Kier alpha value is -1.53. The fraction of sp³-hybridized carbons (Fsp3) is 0.364. The van der Waals surface area contributed by atoms with Gasteiger partial charge >= 0.3 is 0 Å². The van der Waals surface area contributed by atoms with Gasteiger partial charge in [-0.2, -0.15) is 0 Å². The van der Waals surface area contributed by atoms with Crippen molar-refractivity contribution >= 4 is 24.0 Å². The summed E-state index contributed by atoms with van der Waals surface area (Å²) in [7, 11) is 2.84. The summed E-state index contributed by atoms with van der Waals surface area (Å²) in [5.41, 5.74) is 5.27. The van der Waals surface area contributed by atoms with Crippen molar-refractivity contribution in [3.8, 4) is 11.5 Å². The van der Waals surface area contributed by atoms with Crippen molar-refractivity contribution in [2.24, 2.45) is 5.73 Å². The molecule has 7 heteroatoms. The highest BCUT2D eigenvalue weighted by Crippen LogP contribution is 2.32. The van der Waals surface area contributed by atoms with Crippen LogP contribution in [0.25, 0.3) is 0 Å². The molecule has 0 aromatic heterocycles. The summed E-state index contributed by atoms with van der Waals surface area (Å²) in [5.74, 6) is -0.328. The van der Waals surface area contributed by atoms with Gasteiger partial charge in [0.15, 0.2) is 17.3 Å². The number of hydrogen-bond acceptors (Lipinski definition) is 4. The Morgan fingerprint density at radius 3 is 2.39 bits per heavy atom. The number of nitrogens with two attached hydrogens (primary N) is 1. The Balaban J connectivity index is 0.00000289. The Morgan fingerprint density at radius 2 is 1.89 bits per heavy atom. The first-order chi connectivity index (χ1) is 8.12. The molecule has 1 amide bonds. The van der Waals surface area contributed by atoms with Gasteiger partial charge < -0.3 is 20.5 Å². The van der Waals surface area contributed by atoms with Crippen molar-refractivity contribution in [2.75, 3.05) is 26.1 Å². The van der Waals surface area contributed by atoms with Crippen LogP contribution in [-0.4, -0.2) is 26.7 Å². The zero-order valence-corrected chi connectivity index (χ0v) is 11.0. The molecule has 0 fully saturated rings. The molecule has 0 aliphatic rings. The third-order valence-corrected chi connectivity index (χ3v) is 2.12. The van der Waals surface area contributed by atoms with Crippen molar-refractivity contribution in [1.82, 2.24) is 0 Å². The summed E-state index contributed by atoms with van der Waals surface area (Å²) in [5, 5.41) is 2.41. The number of amides is 1. The Kier molecular flexibility index (Phi) is 7.07. The Labute approximate surface area is 111 Å². The van der Waals surface area contributed by atoms with E-state index in [9.17, 15) is 9.18 Å². The van der Waals surface area contributed by atoms with Crippen LogP contribution in [0.5, 0.6) is 11.5 Å². The van der Waals surface area contributed by atoms with Crippen molar-refractivity contribution in [2.45, 2.75) is 6.42 Å². The maximum absolute atomic E-state index is 13.6. The number of anilines is 1. The summed E-state index contributed by atoms with van der Waals surface area (Å²) in [6.45, 7) is 0.209. The molecule has 0 bridgehead atoms. The SMILES string of the molecule is COc1cc(F)c(NC(=O)CCN)cc1OC.Cl. The van der Waals surface area contributed by atoms with Gasteiger partial charge in [0.25, 0.3) is 0 Å². The molecule has 0 atom stereocenters. The number of carbonyl (C=O) groups excluding carboxylic acids is 1. The lowest BCUT2D eigenvalue weighted by atomic mass is 10.2. The smallest absolute Gasteiger partial charge is 0.225 e. The van der Waals surface area contributed by atoms with E-state index in [-0.39, 0.29) is 42.7 Å². The third-order valence-electron chi connectivity index (χ3n) is 2.12. The number of hydrogen-bond donors (Lipinski definition) is 2. The predicted molar refractivity (Wildman–Crippen MR) is 69.1 cm³/mol. The lowest BCUT2D eigenvalue weighted by Crippen LogP contribution is -2.17. The van der Waals surface area contributed by atoms with Gasteiger partial charge in [0, 0.05) is 25.1 Å². The van der Waals surface area contributed by atoms with E-state index in [1.807, 2.05) is 0 Å². The van der Waals surface area contributed by atoms with Crippen molar-refractivity contribution in [3.63, 3.8) is 0 Å². The van der Waals surface area contributed by atoms with Gasteiger partial charge in [0.1, 0.15) is 0 Å². The van der Waals surface area contributed by atoms with Gasteiger partial charge in [-0.15, -0.1) is 12.4 Å². The molecule has 18 heavy (non-hydrogen) atoms. The van der Waals surface area contributed by atoms with Crippen LogP contribution in [-0.2, 0) is 4.79 Å². The number of benzene rings is 1. The summed E-state index contributed by atoms with van der Waals surface area (Å²) < 4.78 is 23.5. The molecule has 1 aromatic rings. The number of halogens is 2. The molecule has 0 aliphatic carbocycles. The van der Waals surface area contributed by atoms with Crippen LogP contribution in [0.4, 0.5) is 10.1 Å². The second-order valence-corrected chi connectivity index (χ2v) is 3.27. The lowest BCUT2D eigenvalue weighted by molar-refractivity contribution is -0.116. The van der Waals surface area contributed by atoms with Gasteiger partial charge in [-0.25, -0.2) is 4.39 Å². The molecule has 0 aliphatic heterocycles. The quantitative estimate of drug-likeness (QED) is 0.857. The second-order valence-electron chi connectivity index (χ2n) is 3.27. The minimum absolute atomic E-state index is 0. The highest BCUT2D eigenvalue weighted by molar-refractivity contribution is 5.91. The van der Waals surface area contributed by atoms with Crippen LogP contribution in [0, 0.1) is 5.82 Å². The van der Waals surface area contributed by atoms with E-state index in [1.54, 1.807) is 0 Å². The zero-order valence-electron chi connectivity index (χ0n) is 10.2. The first-order valence-corrected chi connectivity index (χ1v) is 5.03. The van der Waals surface area contributed by atoms with E-state index < -0.39 is 5.82 Å². The minimum atomic E-state index is -0.590. The largest absolute Gasteiger partial charge is 0.493 e. The van der Waals surface area contributed by atoms with Crippen LogP contribution in [0.2, 0.25) is 0 Å². The Bertz CT molecular complexity index is 416. The summed E-state index contributed by atoms with van der Waals surface area (Å²) >= 11 is 0. The molecule has 1 rings (SSSR count). The number of nitrogens with one attached hydrogen (secondary N) is 1. The maximum Gasteiger partial charge on any atom is 0.225 e. The number of methoxy groups -OCH3 is 2. The molecule has 102 valence electrons. The average Bonchev–Trinajstić information content (AvgIpc) is 2.31. The van der Waals surface area contributed by atoms with E-state index >= 15 is 0 Å². The molecule has 3 N–H and O–H groups in total. The molecule has 0 spiro atoms. The standard InChI is InChI=1S/C11H15FN2O3.ClH/c1-16-9-5-7(12)8(6-10(9)17-2)14-11(15)3-4-13;/h5-6H,3-4,13H2,1-2H3,(H,14,15);1H. The van der Waals surface area contributed by atoms with E-state index in [0.717, 1.165) is 6.07 Å². The van der Waals surface area contributed by atoms with Gasteiger partial charge in [0.05, 0.1) is 19.9 Å². The highest BCUT2D eigenvalue weighted by atomic mass is 35.5. The van der Waals surface area contributed by atoms with Crippen LogP contribution in [0.3, 0.4) is 0 Å². The average molecular weight is 279 g/mol. The molecule has 0 heterocycles. The van der Waals surface area contributed by atoms with Crippen LogP contribution in [0.1, 0.15) is 6.42 Å². The summed E-state index contributed by atoms with van der Waals surface area (Å²) in [4.78, 5) is 11.3. The zero-order chi connectivity index (χ0) is 12.8. The molecule has 0 saturated heterocycles. The normalized spacial score (nSPS) is 9.33. The summed E-state index contributed by atoms with van der Waals surface area (Å²) in [6, 6.07) is 2.51. The molecule has 0 unspecified atom stereocenters. The summed E-state index contributed by atoms with van der Waals surface area (Å²) in [6.07, 6.45) is 0.133. The van der Waals surface area contributed by atoms with Crippen LogP contribution in [0.15, 0.2) is 12.1 Å². The van der Waals surface area contributed by atoms with Gasteiger partial charge in [-0.3, -0.25) is 4.79 Å². The first-order valence-electron chi connectivity index (χ1n) is 5.03. The molecule has 0 radical (unpaired) electrons. The third kappa shape index (κ3) is 4.05. The molecule has 0 saturated carbocycles. The predicted octanol–water partition coefficient (Wildman–Crippen LogP) is 1.55. The van der Waals surface area contributed by atoms with Crippen molar-refractivity contribution < 1.29 is 18.7 Å². The molecular weight excluding hydrogens is 263 g/mol.